The first-order valence-corrected chi connectivity index (χ1v) is 12.8. The van der Waals surface area contributed by atoms with Gasteiger partial charge in [0, 0.05) is 56.0 Å². The molecule has 0 aliphatic carbocycles. The quantitative estimate of drug-likeness (QED) is 0.567. The summed E-state index contributed by atoms with van der Waals surface area (Å²) in [6.45, 7) is 4.16. The number of carbonyl (C=O) groups is 3. The zero-order chi connectivity index (χ0) is 24.1. The van der Waals surface area contributed by atoms with Gasteiger partial charge in [0.05, 0.1) is 5.69 Å². The fraction of sp³-hybridized carbons (Fsp3) is 0.346. The second-order valence-electron chi connectivity index (χ2n) is 9.38. The highest BCUT2D eigenvalue weighted by atomic mass is 32.1. The van der Waals surface area contributed by atoms with Crippen molar-refractivity contribution < 1.29 is 18.8 Å². The minimum Gasteiger partial charge on any atom is -0.367 e. The van der Waals surface area contributed by atoms with Gasteiger partial charge in [-0.05, 0) is 46.5 Å². The van der Waals surface area contributed by atoms with Gasteiger partial charge in [-0.3, -0.25) is 24.6 Å². The lowest BCUT2D eigenvalue weighted by Gasteiger charge is -2.36. The average molecular weight is 493 g/mol. The molecule has 0 saturated carbocycles. The van der Waals surface area contributed by atoms with Crippen LogP contribution in [-0.4, -0.2) is 59.7 Å². The van der Waals surface area contributed by atoms with Crippen molar-refractivity contribution in [1.29, 1.82) is 0 Å². The van der Waals surface area contributed by atoms with Crippen LogP contribution < -0.4 is 10.2 Å². The van der Waals surface area contributed by atoms with Gasteiger partial charge < -0.3 is 9.80 Å². The van der Waals surface area contributed by atoms with Crippen molar-refractivity contribution in [2.45, 2.75) is 32.0 Å². The maximum absolute atomic E-state index is 15.1. The van der Waals surface area contributed by atoms with Crippen molar-refractivity contribution in [1.82, 2.24) is 15.1 Å². The molecule has 7 nitrogen and oxygen atoms in total. The van der Waals surface area contributed by atoms with Crippen LogP contribution in [0.25, 0.3) is 10.1 Å². The molecule has 4 heterocycles. The number of halogens is 1. The Morgan fingerprint density at radius 3 is 2.66 bits per heavy atom. The predicted octanol–water partition coefficient (Wildman–Crippen LogP) is 3.12. The normalized spacial score (nSPS) is 21.1. The third-order valence-corrected chi connectivity index (χ3v) is 8.27. The van der Waals surface area contributed by atoms with Crippen LogP contribution in [0.2, 0.25) is 0 Å². The lowest BCUT2D eigenvalue weighted by atomic mass is 10.0. The summed E-state index contributed by atoms with van der Waals surface area (Å²) in [4.78, 5) is 42.6. The Bertz CT molecular complexity index is 1350. The standard InChI is InChI=1S/C26H25FN4O3S/c27-20-12-19-16(14-31(26(19)34)21-5-6-24(32)28-25(21)33)11-22(20)30-9-7-29(8-10-30)13-17-15-35-23-4-2-1-3-18(17)23/h1-4,11-12,15,21H,5-10,13-14H2,(H,28,32,33). The predicted molar refractivity (Wildman–Crippen MR) is 132 cm³/mol. The molecular formula is C26H25FN4O3S. The molecule has 0 bridgehead atoms. The Balaban J connectivity index is 1.14. The summed E-state index contributed by atoms with van der Waals surface area (Å²) in [5.41, 5.74) is 2.86. The van der Waals surface area contributed by atoms with E-state index in [0.717, 1.165) is 25.2 Å². The molecule has 3 aliphatic rings. The van der Waals surface area contributed by atoms with Crippen LogP contribution in [0.1, 0.15) is 34.3 Å². The smallest absolute Gasteiger partial charge is 0.255 e. The third-order valence-electron chi connectivity index (χ3n) is 7.26. The number of amides is 3. The van der Waals surface area contributed by atoms with Crippen LogP contribution in [0.4, 0.5) is 10.1 Å². The lowest BCUT2D eigenvalue weighted by Crippen LogP contribution is -2.52. The summed E-state index contributed by atoms with van der Waals surface area (Å²) in [7, 11) is 0. The SMILES string of the molecule is O=C1CCC(N2Cc3cc(N4CCN(Cc5csc6ccccc56)CC4)c(F)cc3C2=O)C(=O)N1. The van der Waals surface area contributed by atoms with Crippen molar-refractivity contribution >= 4 is 44.8 Å². The van der Waals surface area contributed by atoms with Crippen molar-refractivity contribution in [3.05, 3.63) is 64.3 Å². The molecule has 180 valence electrons. The number of piperidine rings is 1. The van der Waals surface area contributed by atoms with E-state index in [1.807, 2.05) is 4.90 Å². The largest absolute Gasteiger partial charge is 0.367 e. The molecule has 1 N–H and O–H groups in total. The number of carbonyl (C=O) groups excluding carboxylic acids is 3. The van der Waals surface area contributed by atoms with Gasteiger partial charge in [0.15, 0.2) is 0 Å². The molecule has 3 aliphatic heterocycles. The number of rotatable bonds is 4. The summed E-state index contributed by atoms with van der Waals surface area (Å²) < 4.78 is 16.4. The molecule has 3 aromatic rings. The van der Waals surface area contributed by atoms with Crippen LogP contribution in [0.5, 0.6) is 0 Å². The minimum atomic E-state index is -0.698. The third kappa shape index (κ3) is 3.98. The maximum atomic E-state index is 15.1. The second-order valence-corrected chi connectivity index (χ2v) is 10.3. The zero-order valence-electron chi connectivity index (χ0n) is 19.1. The Kier molecular flexibility index (Phi) is 5.53. The maximum Gasteiger partial charge on any atom is 0.255 e. The molecule has 1 atom stereocenters. The van der Waals surface area contributed by atoms with Gasteiger partial charge >= 0.3 is 0 Å². The zero-order valence-corrected chi connectivity index (χ0v) is 19.9. The van der Waals surface area contributed by atoms with E-state index in [1.54, 1.807) is 17.4 Å². The Labute approximate surface area is 206 Å². The summed E-state index contributed by atoms with van der Waals surface area (Å²) >= 11 is 1.76. The van der Waals surface area contributed by atoms with E-state index in [1.165, 1.54) is 26.6 Å². The molecule has 2 aromatic carbocycles. The Morgan fingerprint density at radius 2 is 1.86 bits per heavy atom. The molecule has 1 aromatic heterocycles. The second kappa shape index (κ2) is 8.73. The number of fused-ring (bicyclic) bond motifs is 2. The van der Waals surface area contributed by atoms with Crippen LogP contribution in [0.3, 0.4) is 0 Å². The molecule has 0 spiro atoms. The van der Waals surface area contributed by atoms with E-state index in [-0.39, 0.29) is 24.8 Å². The van der Waals surface area contributed by atoms with Crippen LogP contribution in [0.15, 0.2) is 41.8 Å². The van der Waals surface area contributed by atoms with E-state index in [0.29, 0.717) is 30.8 Å². The molecule has 1 unspecified atom stereocenters. The topological polar surface area (TPSA) is 73.0 Å². The first-order valence-electron chi connectivity index (χ1n) is 11.9. The van der Waals surface area contributed by atoms with Gasteiger partial charge in [-0.15, -0.1) is 11.3 Å². The highest BCUT2D eigenvalue weighted by Gasteiger charge is 2.40. The fourth-order valence-electron chi connectivity index (χ4n) is 5.36. The Hall–Kier alpha value is -3.30. The first-order chi connectivity index (χ1) is 17.0. The van der Waals surface area contributed by atoms with Crippen molar-refractivity contribution in [2.75, 3.05) is 31.1 Å². The summed E-state index contributed by atoms with van der Waals surface area (Å²) in [6.07, 6.45) is 0.489. The van der Waals surface area contributed by atoms with E-state index < -0.39 is 17.8 Å². The summed E-state index contributed by atoms with van der Waals surface area (Å²) in [5.74, 6) is -1.56. The summed E-state index contributed by atoms with van der Waals surface area (Å²) in [5, 5.41) is 5.82. The number of anilines is 1. The molecule has 6 rings (SSSR count). The molecule has 3 amide bonds. The number of hydrogen-bond acceptors (Lipinski definition) is 6. The number of hydrogen-bond donors (Lipinski definition) is 1. The van der Waals surface area contributed by atoms with E-state index >= 15 is 4.39 Å². The Morgan fingerprint density at radius 1 is 1.06 bits per heavy atom. The fourth-order valence-corrected chi connectivity index (χ4v) is 6.32. The van der Waals surface area contributed by atoms with Gasteiger partial charge in [0.2, 0.25) is 11.8 Å². The molecule has 2 saturated heterocycles. The first kappa shape index (κ1) is 22.2. The minimum absolute atomic E-state index is 0.196. The number of piperazine rings is 1. The molecule has 0 radical (unpaired) electrons. The monoisotopic (exact) mass is 492 g/mol. The number of imide groups is 1. The van der Waals surface area contributed by atoms with Gasteiger partial charge in [-0.2, -0.15) is 0 Å². The van der Waals surface area contributed by atoms with Gasteiger partial charge in [0.1, 0.15) is 11.9 Å². The van der Waals surface area contributed by atoms with Gasteiger partial charge in [0.25, 0.3) is 5.91 Å². The van der Waals surface area contributed by atoms with E-state index in [9.17, 15) is 14.4 Å². The van der Waals surface area contributed by atoms with Crippen LogP contribution in [0, 0.1) is 5.82 Å². The van der Waals surface area contributed by atoms with Crippen LogP contribution in [-0.2, 0) is 22.7 Å². The average Bonchev–Trinajstić information content (AvgIpc) is 3.40. The van der Waals surface area contributed by atoms with Gasteiger partial charge in [-0.25, -0.2) is 4.39 Å². The number of thiophene rings is 1. The van der Waals surface area contributed by atoms with Crippen LogP contribution >= 0.6 is 11.3 Å². The van der Waals surface area contributed by atoms with Crippen molar-refractivity contribution in [3.63, 3.8) is 0 Å². The summed E-state index contributed by atoms with van der Waals surface area (Å²) in [6, 6.07) is 10.8. The highest BCUT2D eigenvalue weighted by Crippen LogP contribution is 2.33. The van der Waals surface area contributed by atoms with Crippen molar-refractivity contribution in [3.8, 4) is 0 Å². The van der Waals surface area contributed by atoms with E-state index in [4.69, 9.17) is 0 Å². The highest BCUT2D eigenvalue weighted by molar-refractivity contribution is 7.17. The lowest BCUT2D eigenvalue weighted by molar-refractivity contribution is -0.136. The number of benzene rings is 2. The van der Waals surface area contributed by atoms with Crippen molar-refractivity contribution in [2.24, 2.45) is 0 Å². The molecule has 2 fully saturated rings. The molecular weight excluding hydrogens is 467 g/mol. The number of nitrogens with one attached hydrogen (secondary N) is 1. The van der Waals surface area contributed by atoms with E-state index in [2.05, 4.69) is 39.9 Å². The van der Waals surface area contributed by atoms with Gasteiger partial charge in [-0.1, -0.05) is 18.2 Å². The number of nitrogens with zero attached hydrogens (tertiary/aromatic N) is 3. The molecule has 35 heavy (non-hydrogen) atoms. The molecule has 9 heteroatoms.